The Morgan fingerprint density at radius 1 is 1.38 bits per heavy atom. The van der Waals surface area contributed by atoms with Crippen molar-refractivity contribution in [2.24, 2.45) is 0 Å². The molecular weight excluding hydrogens is 272 g/mol. The number of nitrogens with one attached hydrogen (secondary N) is 1. The zero-order valence-corrected chi connectivity index (χ0v) is 11.6. The largest absolute Gasteiger partial charge is 0.480 e. The van der Waals surface area contributed by atoms with Crippen LogP contribution in [0.1, 0.15) is 29.3 Å². The zero-order valence-electron chi connectivity index (χ0n) is 11.6. The van der Waals surface area contributed by atoms with Crippen LogP contribution in [0.25, 0.3) is 0 Å². The van der Waals surface area contributed by atoms with Gasteiger partial charge in [0.1, 0.15) is 18.7 Å². The quantitative estimate of drug-likeness (QED) is 0.823. The molecule has 0 saturated carbocycles. The van der Waals surface area contributed by atoms with Crippen LogP contribution in [0.5, 0.6) is 0 Å². The van der Waals surface area contributed by atoms with Crippen molar-refractivity contribution in [3.05, 3.63) is 48.0 Å². The molecule has 21 heavy (non-hydrogen) atoms. The summed E-state index contributed by atoms with van der Waals surface area (Å²) in [5.41, 5.74) is 1.19. The summed E-state index contributed by atoms with van der Waals surface area (Å²) in [5, 5.41) is 15.5. The van der Waals surface area contributed by atoms with E-state index in [1.165, 1.54) is 6.33 Å². The van der Waals surface area contributed by atoms with Crippen molar-refractivity contribution < 1.29 is 14.7 Å². The minimum absolute atomic E-state index is 0.326. The van der Waals surface area contributed by atoms with E-state index in [2.05, 4.69) is 15.4 Å². The lowest BCUT2D eigenvalue weighted by molar-refractivity contribution is -0.139. The molecule has 2 rings (SSSR count). The molecule has 7 heteroatoms. The van der Waals surface area contributed by atoms with Crippen LogP contribution in [-0.4, -0.2) is 37.8 Å². The van der Waals surface area contributed by atoms with E-state index >= 15 is 0 Å². The van der Waals surface area contributed by atoms with Gasteiger partial charge in [-0.1, -0.05) is 25.1 Å². The summed E-state index contributed by atoms with van der Waals surface area (Å²) in [4.78, 5) is 27.1. The van der Waals surface area contributed by atoms with Crippen LogP contribution in [-0.2, 0) is 11.3 Å². The van der Waals surface area contributed by atoms with Crippen LogP contribution in [0.2, 0.25) is 0 Å². The normalized spacial score (nSPS) is 11.9. The van der Waals surface area contributed by atoms with Crippen molar-refractivity contribution in [3.8, 4) is 0 Å². The van der Waals surface area contributed by atoms with Crippen molar-refractivity contribution in [2.45, 2.75) is 25.9 Å². The number of carbonyl (C=O) groups is 2. The standard InChI is InChI=1S/C14H16N4O3/c1-2-12(14(20)21)17-13(19)11-6-4-3-5-10(11)7-18-9-15-8-16-18/h3-6,8-9,12H,2,7H2,1H3,(H,17,19)(H,20,21)/t12-/m0/s1. The molecule has 110 valence electrons. The minimum Gasteiger partial charge on any atom is -0.480 e. The van der Waals surface area contributed by atoms with Gasteiger partial charge in [-0.15, -0.1) is 0 Å². The van der Waals surface area contributed by atoms with Crippen LogP contribution in [0.4, 0.5) is 0 Å². The lowest BCUT2D eigenvalue weighted by Gasteiger charge is -2.14. The molecule has 1 aromatic carbocycles. The number of hydrogen-bond acceptors (Lipinski definition) is 4. The average Bonchev–Trinajstić information content (AvgIpc) is 2.97. The van der Waals surface area contributed by atoms with E-state index in [1.807, 2.05) is 6.07 Å². The number of carbonyl (C=O) groups excluding carboxylic acids is 1. The molecule has 0 bridgehead atoms. The Balaban J connectivity index is 2.19. The number of rotatable bonds is 6. The first-order valence-electron chi connectivity index (χ1n) is 6.55. The number of carboxylic acids is 1. The number of aromatic nitrogens is 3. The predicted molar refractivity (Wildman–Crippen MR) is 74.7 cm³/mol. The fourth-order valence-electron chi connectivity index (χ4n) is 1.94. The Kier molecular flexibility index (Phi) is 4.65. The average molecular weight is 288 g/mol. The van der Waals surface area contributed by atoms with E-state index in [0.717, 1.165) is 5.56 Å². The van der Waals surface area contributed by atoms with Crippen LogP contribution in [0.15, 0.2) is 36.9 Å². The Labute approximate surface area is 121 Å². The Morgan fingerprint density at radius 3 is 2.76 bits per heavy atom. The first-order chi connectivity index (χ1) is 10.1. The maximum atomic E-state index is 12.2. The SMILES string of the molecule is CC[C@H](NC(=O)c1ccccc1Cn1cncn1)C(=O)O. The van der Waals surface area contributed by atoms with E-state index in [0.29, 0.717) is 18.5 Å². The van der Waals surface area contributed by atoms with E-state index in [9.17, 15) is 9.59 Å². The summed E-state index contributed by atoms with van der Waals surface area (Å²) in [6.07, 6.45) is 3.30. The van der Waals surface area contributed by atoms with Gasteiger partial charge in [-0.25, -0.2) is 14.5 Å². The molecule has 0 aliphatic carbocycles. The molecule has 1 amide bonds. The van der Waals surface area contributed by atoms with Gasteiger partial charge in [-0.2, -0.15) is 5.10 Å². The van der Waals surface area contributed by atoms with Crippen LogP contribution in [0.3, 0.4) is 0 Å². The summed E-state index contributed by atoms with van der Waals surface area (Å²) in [6, 6.07) is 6.13. The second-order valence-electron chi connectivity index (χ2n) is 4.52. The molecule has 0 spiro atoms. The second-order valence-corrected chi connectivity index (χ2v) is 4.52. The zero-order chi connectivity index (χ0) is 15.2. The lowest BCUT2D eigenvalue weighted by Crippen LogP contribution is -2.40. The Hall–Kier alpha value is -2.70. The van der Waals surface area contributed by atoms with E-state index in [-0.39, 0.29) is 0 Å². The van der Waals surface area contributed by atoms with Gasteiger partial charge < -0.3 is 10.4 Å². The van der Waals surface area contributed by atoms with Gasteiger partial charge in [-0.3, -0.25) is 4.79 Å². The molecule has 1 atom stereocenters. The molecule has 0 aliphatic heterocycles. The van der Waals surface area contributed by atoms with Gasteiger partial charge in [0, 0.05) is 5.56 Å². The third-order valence-electron chi connectivity index (χ3n) is 3.07. The number of amides is 1. The molecule has 2 aromatic rings. The molecule has 0 radical (unpaired) electrons. The van der Waals surface area contributed by atoms with Gasteiger partial charge >= 0.3 is 5.97 Å². The first-order valence-corrected chi connectivity index (χ1v) is 6.55. The molecule has 0 fully saturated rings. The van der Waals surface area contributed by atoms with E-state index < -0.39 is 17.9 Å². The second kappa shape index (κ2) is 6.65. The van der Waals surface area contributed by atoms with Crippen LogP contribution in [0, 0.1) is 0 Å². The third-order valence-corrected chi connectivity index (χ3v) is 3.07. The van der Waals surface area contributed by atoms with Crippen molar-refractivity contribution in [2.75, 3.05) is 0 Å². The van der Waals surface area contributed by atoms with Crippen molar-refractivity contribution in [3.63, 3.8) is 0 Å². The fraction of sp³-hybridized carbons (Fsp3) is 0.286. The number of nitrogens with zero attached hydrogens (tertiary/aromatic N) is 3. The lowest BCUT2D eigenvalue weighted by atomic mass is 10.1. The van der Waals surface area contributed by atoms with Gasteiger partial charge in [0.2, 0.25) is 0 Å². The van der Waals surface area contributed by atoms with Crippen molar-refractivity contribution >= 4 is 11.9 Å². The topological polar surface area (TPSA) is 97.1 Å². The minimum atomic E-state index is -1.04. The molecular formula is C14H16N4O3. The summed E-state index contributed by atoms with van der Waals surface area (Å²) < 4.78 is 1.60. The van der Waals surface area contributed by atoms with Gasteiger partial charge in [0.15, 0.2) is 0 Å². The van der Waals surface area contributed by atoms with Crippen LogP contribution >= 0.6 is 0 Å². The number of aliphatic carboxylic acids is 1. The van der Waals surface area contributed by atoms with E-state index in [4.69, 9.17) is 5.11 Å². The van der Waals surface area contributed by atoms with Gasteiger partial charge in [0.25, 0.3) is 5.91 Å². The van der Waals surface area contributed by atoms with Gasteiger partial charge in [0.05, 0.1) is 6.54 Å². The van der Waals surface area contributed by atoms with Crippen molar-refractivity contribution in [1.29, 1.82) is 0 Å². The highest BCUT2D eigenvalue weighted by Crippen LogP contribution is 2.11. The highest BCUT2D eigenvalue weighted by molar-refractivity contribution is 5.97. The summed E-state index contributed by atoms with van der Waals surface area (Å²) in [5.74, 6) is -1.44. The maximum Gasteiger partial charge on any atom is 0.326 e. The van der Waals surface area contributed by atoms with Crippen molar-refractivity contribution in [1.82, 2.24) is 20.1 Å². The fourth-order valence-corrected chi connectivity index (χ4v) is 1.94. The Morgan fingerprint density at radius 2 is 2.14 bits per heavy atom. The molecule has 0 aliphatic rings. The highest BCUT2D eigenvalue weighted by Gasteiger charge is 2.20. The molecule has 1 aromatic heterocycles. The third kappa shape index (κ3) is 3.65. The molecule has 7 nitrogen and oxygen atoms in total. The monoisotopic (exact) mass is 288 g/mol. The number of benzene rings is 1. The summed E-state index contributed by atoms with van der Waals surface area (Å²) >= 11 is 0. The van der Waals surface area contributed by atoms with Crippen LogP contribution < -0.4 is 5.32 Å². The molecule has 0 unspecified atom stereocenters. The summed E-state index contributed by atoms with van der Waals surface area (Å²) in [6.45, 7) is 2.10. The molecule has 1 heterocycles. The number of carboxylic acid groups (broad SMARTS) is 1. The summed E-state index contributed by atoms with van der Waals surface area (Å²) in [7, 11) is 0. The number of hydrogen-bond donors (Lipinski definition) is 2. The maximum absolute atomic E-state index is 12.2. The smallest absolute Gasteiger partial charge is 0.326 e. The van der Waals surface area contributed by atoms with E-state index in [1.54, 1.807) is 36.1 Å². The predicted octanol–water partition coefficient (Wildman–Crippen LogP) is 0.919. The molecule has 0 saturated heterocycles. The molecule has 2 N–H and O–H groups in total. The Bertz CT molecular complexity index is 625. The van der Waals surface area contributed by atoms with Gasteiger partial charge in [-0.05, 0) is 18.1 Å². The first kappa shape index (κ1) is 14.7. The highest BCUT2D eigenvalue weighted by atomic mass is 16.4.